The Hall–Kier alpha value is -1.57. The summed E-state index contributed by atoms with van der Waals surface area (Å²) in [5, 5.41) is 13.1. The van der Waals surface area contributed by atoms with Crippen LogP contribution in [0, 0.1) is 17.2 Å². The van der Waals surface area contributed by atoms with Crippen molar-refractivity contribution in [3.05, 3.63) is 34.9 Å². The van der Waals surface area contributed by atoms with E-state index in [0.29, 0.717) is 18.5 Å². The lowest BCUT2D eigenvalue weighted by Crippen LogP contribution is -2.50. The second-order valence-corrected chi connectivity index (χ2v) is 7.70. The second-order valence-electron chi connectivity index (χ2n) is 7.27. The SMILES string of the molecule is CC(c1ccc(Cl)cc1)N(CC(=O)NC(C)(C#N)C1CC1)C1CC1. The Morgan fingerprint density at radius 3 is 2.50 bits per heavy atom. The highest BCUT2D eigenvalue weighted by atomic mass is 35.5. The Kier molecular flexibility index (Phi) is 4.85. The molecule has 3 rings (SSSR count). The van der Waals surface area contributed by atoms with Gasteiger partial charge in [-0.1, -0.05) is 23.7 Å². The molecule has 0 spiro atoms. The van der Waals surface area contributed by atoms with Gasteiger partial charge in [-0.15, -0.1) is 0 Å². The summed E-state index contributed by atoms with van der Waals surface area (Å²) < 4.78 is 0. The van der Waals surface area contributed by atoms with Gasteiger partial charge in [0.1, 0.15) is 5.54 Å². The molecule has 0 heterocycles. The average molecular weight is 346 g/mol. The van der Waals surface area contributed by atoms with Gasteiger partial charge in [0.15, 0.2) is 0 Å². The van der Waals surface area contributed by atoms with Gasteiger partial charge in [0.2, 0.25) is 5.91 Å². The van der Waals surface area contributed by atoms with Crippen LogP contribution in [0.5, 0.6) is 0 Å². The van der Waals surface area contributed by atoms with Crippen molar-refractivity contribution < 1.29 is 4.79 Å². The van der Waals surface area contributed by atoms with Gasteiger partial charge in [-0.3, -0.25) is 9.69 Å². The zero-order chi connectivity index (χ0) is 17.3. The fourth-order valence-electron chi connectivity index (χ4n) is 3.30. The van der Waals surface area contributed by atoms with Gasteiger partial charge in [0.25, 0.3) is 0 Å². The van der Waals surface area contributed by atoms with Gasteiger partial charge in [-0.25, -0.2) is 0 Å². The lowest BCUT2D eigenvalue weighted by Gasteiger charge is -2.31. The van der Waals surface area contributed by atoms with Gasteiger partial charge < -0.3 is 5.32 Å². The molecule has 2 aliphatic rings. The number of nitrogens with zero attached hydrogens (tertiary/aromatic N) is 2. The number of carbonyl (C=O) groups excluding carboxylic acids is 1. The third-order valence-electron chi connectivity index (χ3n) is 5.22. The molecule has 2 aliphatic carbocycles. The first kappa shape index (κ1) is 17.3. The van der Waals surface area contributed by atoms with Crippen molar-refractivity contribution in [2.45, 2.75) is 57.2 Å². The molecular weight excluding hydrogens is 322 g/mol. The Morgan fingerprint density at radius 1 is 1.38 bits per heavy atom. The Labute approximate surface area is 148 Å². The third kappa shape index (κ3) is 3.91. The highest BCUT2D eigenvalue weighted by Crippen LogP contribution is 2.39. The molecule has 0 bridgehead atoms. The quantitative estimate of drug-likeness (QED) is 0.820. The number of amides is 1. The third-order valence-corrected chi connectivity index (χ3v) is 5.47. The monoisotopic (exact) mass is 345 g/mol. The van der Waals surface area contributed by atoms with Crippen LogP contribution in [0.3, 0.4) is 0 Å². The first-order valence-corrected chi connectivity index (χ1v) is 9.04. The number of halogens is 1. The van der Waals surface area contributed by atoms with E-state index < -0.39 is 5.54 Å². The molecule has 4 nitrogen and oxygen atoms in total. The molecule has 2 fully saturated rings. The first-order valence-electron chi connectivity index (χ1n) is 8.66. The summed E-state index contributed by atoms with van der Waals surface area (Å²) in [5.41, 5.74) is 0.430. The fourth-order valence-corrected chi connectivity index (χ4v) is 3.42. The van der Waals surface area contributed by atoms with Crippen LogP contribution in [0.15, 0.2) is 24.3 Å². The molecule has 2 unspecified atom stereocenters. The normalized spacial score (nSPS) is 21.0. The number of rotatable bonds is 7. The number of nitrogens with one attached hydrogen (secondary N) is 1. The van der Waals surface area contributed by atoms with E-state index in [1.165, 1.54) is 0 Å². The first-order chi connectivity index (χ1) is 11.4. The Bertz CT molecular complexity index is 646. The van der Waals surface area contributed by atoms with Gasteiger partial charge in [-0.05, 0) is 63.1 Å². The molecule has 1 aromatic rings. The molecule has 1 N–H and O–H groups in total. The van der Waals surface area contributed by atoms with Crippen molar-refractivity contribution in [1.29, 1.82) is 5.26 Å². The summed E-state index contributed by atoms with van der Waals surface area (Å²) in [6.07, 6.45) is 4.31. The van der Waals surface area contributed by atoms with E-state index >= 15 is 0 Å². The summed E-state index contributed by atoms with van der Waals surface area (Å²) in [5.74, 6) is 0.244. The van der Waals surface area contributed by atoms with Crippen LogP contribution in [0.4, 0.5) is 0 Å². The number of carbonyl (C=O) groups is 1. The molecule has 0 radical (unpaired) electrons. The van der Waals surface area contributed by atoms with E-state index in [1.54, 1.807) is 0 Å². The zero-order valence-electron chi connectivity index (χ0n) is 14.3. The molecule has 1 aromatic carbocycles. The van der Waals surface area contributed by atoms with E-state index in [4.69, 9.17) is 11.6 Å². The van der Waals surface area contributed by atoms with E-state index in [9.17, 15) is 10.1 Å². The molecule has 24 heavy (non-hydrogen) atoms. The average Bonchev–Trinajstić information content (AvgIpc) is 3.44. The van der Waals surface area contributed by atoms with Crippen molar-refractivity contribution in [2.24, 2.45) is 5.92 Å². The highest BCUT2D eigenvalue weighted by molar-refractivity contribution is 6.30. The maximum Gasteiger partial charge on any atom is 0.235 e. The van der Waals surface area contributed by atoms with Crippen LogP contribution in [-0.2, 0) is 4.79 Å². The summed E-state index contributed by atoms with van der Waals surface area (Å²) in [6, 6.07) is 10.7. The highest BCUT2D eigenvalue weighted by Gasteiger charge is 2.43. The van der Waals surface area contributed by atoms with E-state index in [-0.39, 0.29) is 11.9 Å². The van der Waals surface area contributed by atoms with Gasteiger partial charge in [-0.2, -0.15) is 5.26 Å². The summed E-state index contributed by atoms with van der Waals surface area (Å²) in [4.78, 5) is 14.8. The maximum absolute atomic E-state index is 12.6. The topological polar surface area (TPSA) is 56.1 Å². The summed E-state index contributed by atoms with van der Waals surface area (Å²) in [6.45, 7) is 4.30. The summed E-state index contributed by atoms with van der Waals surface area (Å²) in [7, 11) is 0. The van der Waals surface area contributed by atoms with Gasteiger partial charge >= 0.3 is 0 Å². The number of benzene rings is 1. The lowest BCUT2D eigenvalue weighted by molar-refractivity contribution is -0.124. The van der Waals surface area contributed by atoms with E-state index in [0.717, 1.165) is 36.3 Å². The molecular formula is C19H24ClN3O. The van der Waals surface area contributed by atoms with E-state index in [2.05, 4.69) is 23.2 Å². The lowest BCUT2D eigenvalue weighted by atomic mass is 9.98. The molecule has 2 atom stereocenters. The zero-order valence-corrected chi connectivity index (χ0v) is 15.0. The molecule has 5 heteroatoms. The summed E-state index contributed by atoms with van der Waals surface area (Å²) >= 11 is 5.97. The predicted octanol–water partition coefficient (Wildman–Crippen LogP) is 3.67. The van der Waals surface area contributed by atoms with Crippen LogP contribution < -0.4 is 5.32 Å². The van der Waals surface area contributed by atoms with Crippen LogP contribution in [0.25, 0.3) is 0 Å². The standard InChI is InChI=1S/C19H24ClN3O/c1-13(14-3-7-16(20)8-4-14)23(17-9-10-17)11-18(24)22-19(2,12-21)15-5-6-15/h3-4,7-8,13,15,17H,5-6,9-11H2,1-2H3,(H,22,24). The molecule has 1 amide bonds. The van der Waals surface area contributed by atoms with Crippen molar-refractivity contribution in [3.63, 3.8) is 0 Å². The van der Waals surface area contributed by atoms with Crippen LogP contribution in [0.2, 0.25) is 5.02 Å². The second kappa shape index (κ2) is 6.74. The number of nitriles is 1. The fraction of sp³-hybridized carbons (Fsp3) is 0.579. The predicted molar refractivity (Wildman–Crippen MR) is 94.5 cm³/mol. The van der Waals surface area contributed by atoms with Crippen molar-refractivity contribution in [1.82, 2.24) is 10.2 Å². The van der Waals surface area contributed by atoms with Gasteiger partial charge in [0, 0.05) is 17.1 Å². The Morgan fingerprint density at radius 2 is 2.00 bits per heavy atom. The molecule has 0 aliphatic heterocycles. The van der Waals surface area contributed by atoms with Crippen LogP contribution in [0.1, 0.15) is 51.1 Å². The van der Waals surface area contributed by atoms with Crippen molar-refractivity contribution in [3.8, 4) is 6.07 Å². The molecule has 2 saturated carbocycles. The molecule has 128 valence electrons. The minimum atomic E-state index is -0.726. The van der Waals surface area contributed by atoms with Crippen LogP contribution in [-0.4, -0.2) is 28.9 Å². The number of hydrogen-bond donors (Lipinski definition) is 1. The maximum atomic E-state index is 12.6. The molecule has 0 saturated heterocycles. The smallest absolute Gasteiger partial charge is 0.235 e. The minimum Gasteiger partial charge on any atom is -0.337 e. The van der Waals surface area contributed by atoms with Crippen molar-refractivity contribution in [2.75, 3.05) is 6.54 Å². The number of hydrogen-bond acceptors (Lipinski definition) is 3. The van der Waals surface area contributed by atoms with Crippen molar-refractivity contribution >= 4 is 17.5 Å². The van der Waals surface area contributed by atoms with Gasteiger partial charge in [0.05, 0.1) is 12.6 Å². The van der Waals surface area contributed by atoms with Crippen LogP contribution >= 0.6 is 11.6 Å². The largest absolute Gasteiger partial charge is 0.337 e. The minimum absolute atomic E-state index is 0.0568. The van der Waals surface area contributed by atoms with E-state index in [1.807, 2.05) is 31.2 Å². The molecule has 0 aromatic heterocycles. The Balaban J connectivity index is 1.66.